The zero-order chi connectivity index (χ0) is 24.4. The van der Waals surface area contributed by atoms with E-state index < -0.39 is 6.10 Å². The van der Waals surface area contributed by atoms with Gasteiger partial charge in [-0.1, -0.05) is 29.8 Å². The number of hydrogen-bond acceptors (Lipinski definition) is 7. The molecule has 1 aliphatic carbocycles. The van der Waals surface area contributed by atoms with Gasteiger partial charge in [0.2, 0.25) is 0 Å². The largest absolute Gasteiger partial charge is 0.496 e. The van der Waals surface area contributed by atoms with Crippen LogP contribution in [0.2, 0.25) is 5.02 Å². The molecule has 2 heterocycles. The Morgan fingerprint density at radius 2 is 1.97 bits per heavy atom. The molecule has 1 fully saturated rings. The van der Waals surface area contributed by atoms with Crippen molar-refractivity contribution in [1.82, 2.24) is 14.9 Å². The number of H-pyrrole nitrogens is 1. The number of fused-ring (bicyclic) bond motifs is 1. The number of methoxy groups -OCH3 is 1. The van der Waals surface area contributed by atoms with Gasteiger partial charge in [-0.15, -0.1) is 11.3 Å². The number of aliphatic hydroxyl groups is 1. The maximum Gasteiger partial charge on any atom is 0.260 e. The minimum absolute atomic E-state index is 0.168. The Labute approximate surface area is 211 Å². The number of nitrogens with zero attached hydrogens (tertiary/aromatic N) is 2. The van der Waals surface area contributed by atoms with Crippen LogP contribution in [0.1, 0.15) is 18.7 Å². The van der Waals surface area contributed by atoms with E-state index in [2.05, 4.69) is 9.88 Å². The molecule has 1 aliphatic rings. The maximum atomic E-state index is 13.1. The van der Waals surface area contributed by atoms with E-state index in [1.54, 1.807) is 31.4 Å². The van der Waals surface area contributed by atoms with Gasteiger partial charge in [0, 0.05) is 34.1 Å². The van der Waals surface area contributed by atoms with Crippen LogP contribution in [0.15, 0.2) is 58.7 Å². The first-order valence-corrected chi connectivity index (χ1v) is 12.7. The second-order valence-corrected chi connectivity index (χ2v) is 9.92. The SMILES string of the molecule is COc1ccccc1-c1csc2nc(CN(CC(O)COc3ccc(Cl)cc3)C3CC3)[nH]c(=O)c12. The molecule has 0 aliphatic heterocycles. The van der Waals surface area contributed by atoms with Gasteiger partial charge in [-0.3, -0.25) is 9.69 Å². The van der Waals surface area contributed by atoms with Crippen molar-refractivity contribution in [1.29, 1.82) is 0 Å². The van der Waals surface area contributed by atoms with E-state index in [0.29, 0.717) is 51.7 Å². The molecule has 2 aromatic carbocycles. The first-order valence-electron chi connectivity index (χ1n) is 11.5. The van der Waals surface area contributed by atoms with Crippen molar-refractivity contribution in [2.24, 2.45) is 0 Å². The highest BCUT2D eigenvalue weighted by molar-refractivity contribution is 7.17. The van der Waals surface area contributed by atoms with E-state index in [9.17, 15) is 9.90 Å². The van der Waals surface area contributed by atoms with Gasteiger partial charge in [0.1, 0.15) is 34.9 Å². The smallest absolute Gasteiger partial charge is 0.260 e. The highest BCUT2D eigenvalue weighted by Gasteiger charge is 2.31. The summed E-state index contributed by atoms with van der Waals surface area (Å²) in [6, 6.07) is 15.1. The van der Waals surface area contributed by atoms with Crippen molar-refractivity contribution in [2.45, 2.75) is 31.5 Å². The lowest BCUT2D eigenvalue weighted by Crippen LogP contribution is -2.37. The fourth-order valence-electron chi connectivity index (χ4n) is 4.16. The van der Waals surface area contributed by atoms with Gasteiger partial charge in [0.15, 0.2) is 0 Å². The van der Waals surface area contributed by atoms with Gasteiger partial charge in [-0.05, 0) is 43.2 Å². The summed E-state index contributed by atoms with van der Waals surface area (Å²) in [5.74, 6) is 1.96. The molecule has 0 bridgehead atoms. The van der Waals surface area contributed by atoms with Crippen molar-refractivity contribution in [3.8, 4) is 22.6 Å². The molecule has 0 radical (unpaired) electrons. The second kappa shape index (κ2) is 10.4. The van der Waals surface area contributed by atoms with Crippen LogP contribution < -0.4 is 15.0 Å². The summed E-state index contributed by atoms with van der Waals surface area (Å²) in [4.78, 5) is 23.7. The molecule has 5 rings (SSSR count). The van der Waals surface area contributed by atoms with E-state index in [1.165, 1.54) is 11.3 Å². The number of aromatic nitrogens is 2. The molecule has 182 valence electrons. The first-order chi connectivity index (χ1) is 17.0. The molecule has 2 N–H and O–H groups in total. The molecular weight excluding hydrogens is 486 g/mol. The highest BCUT2D eigenvalue weighted by atomic mass is 35.5. The normalized spacial score (nSPS) is 14.4. The first kappa shape index (κ1) is 23.8. The van der Waals surface area contributed by atoms with Crippen molar-refractivity contribution < 1.29 is 14.6 Å². The quantitative estimate of drug-likeness (QED) is 0.320. The standard InChI is InChI=1S/C26H26ClN3O4S/c1-33-22-5-3-2-4-20(22)21-15-35-26-24(21)25(32)28-23(29-26)13-30(17-8-9-17)12-18(31)14-34-19-10-6-16(27)7-11-19/h2-7,10-11,15,17-18,31H,8-9,12-14H2,1H3,(H,28,29,32). The predicted octanol–water partition coefficient (Wildman–Crippen LogP) is 4.72. The number of nitrogens with one attached hydrogen (secondary N) is 1. The van der Waals surface area contributed by atoms with Crippen molar-refractivity contribution in [2.75, 3.05) is 20.3 Å². The number of thiophene rings is 1. The Morgan fingerprint density at radius 1 is 1.20 bits per heavy atom. The zero-order valence-electron chi connectivity index (χ0n) is 19.2. The van der Waals surface area contributed by atoms with Crippen LogP contribution in [0, 0.1) is 0 Å². The van der Waals surface area contributed by atoms with E-state index >= 15 is 0 Å². The third-order valence-corrected chi connectivity index (χ3v) is 7.13. The van der Waals surface area contributed by atoms with Crippen LogP contribution >= 0.6 is 22.9 Å². The summed E-state index contributed by atoms with van der Waals surface area (Å²) in [5, 5.41) is 13.8. The second-order valence-electron chi connectivity index (χ2n) is 8.62. The molecule has 7 nitrogen and oxygen atoms in total. The topological polar surface area (TPSA) is 87.7 Å². The molecule has 2 aromatic heterocycles. The molecule has 35 heavy (non-hydrogen) atoms. The fraction of sp³-hybridized carbons (Fsp3) is 0.308. The summed E-state index contributed by atoms with van der Waals surface area (Å²) in [6.07, 6.45) is 1.45. The van der Waals surface area contributed by atoms with Crippen molar-refractivity contribution in [3.05, 3.63) is 75.1 Å². The number of aromatic amines is 1. The number of rotatable bonds is 10. The van der Waals surface area contributed by atoms with Gasteiger partial charge in [-0.25, -0.2) is 4.98 Å². The van der Waals surface area contributed by atoms with Gasteiger partial charge in [0.25, 0.3) is 5.56 Å². The number of halogens is 1. The number of para-hydroxylation sites is 1. The summed E-state index contributed by atoms with van der Waals surface area (Å²) in [5.41, 5.74) is 1.51. The molecule has 1 unspecified atom stereocenters. The monoisotopic (exact) mass is 511 g/mol. The lowest BCUT2D eigenvalue weighted by Gasteiger charge is -2.24. The molecule has 4 aromatic rings. The molecule has 1 saturated carbocycles. The molecule has 0 saturated heterocycles. The number of benzene rings is 2. The van der Waals surface area contributed by atoms with E-state index in [1.807, 2.05) is 29.6 Å². The average Bonchev–Trinajstić information content (AvgIpc) is 3.62. The van der Waals surface area contributed by atoms with E-state index in [4.69, 9.17) is 26.1 Å². The van der Waals surface area contributed by atoms with Crippen molar-refractivity contribution in [3.63, 3.8) is 0 Å². The third-order valence-electron chi connectivity index (χ3n) is 6.01. The van der Waals surface area contributed by atoms with E-state index in [0.717, 1.165) is 24.0 Å². The van der Waals surface area contributed by atoms with Crippen molar-refractivity contribution >= 4 is 33.2 Å². The summed E-state index contributed by atoms with van der Waals surface area (Å²) in [7, 11) is 1.62. The molecule has 1 atom stereocenters. The summed E-state index contributed by atoms with van der Waals surface area (Å²) in [6.45, 7) is 1.05. The minimum Gasteiger partial charge on any atom is -0.496 e. The van der Waals surface area contributed by atoms with Crippen LogP contribution in [0.25, 0.3) is 21.3 Å². The fourth-order valence-corrected chi connectivity index (χ4v) is 5.24. The lowest BCUT2D eigenvalue weighted by atomic mass is 10.1. The minimum atomic E-state index is -0.680. The maximum absolute atomic E-state index is 13.1. The van der Waals surface area contributed by atoms with Crippen LogP contribution in [0.5, 0.6) is 11.5 Å². The average molecular weight is 512 g/mol. The molecule has 0 spiro atoms. The Hall–Kier alpha value is -2.91. The molecule has 9 heteroatoms. The Bertz CT molecular complexity index is 1370. The summed E-state index contributed by atoms with van der Waals surface area (Å²) >= 11 is 7.35. The molecular formula is C26H26ClN3O4S. The number of ether oxygens (including phenoxy) is 2. The van der Waals surface area contributed by atoms with Crippen LogP contribution in [0.3, 0.4) is 0 Å². The van der Waals surface area contributed by atoms with Gasteiger partial charge in [-0.2, -0.15) is 0 Å². The van der Waals surface area contributed by atoms with Crippen LogP contribution in [-0.2, 0) is 6.54 Å². The van der Waals surface area contributed by atoms with Gasteiger partial charge < -0.3 is 19.6 Å². The summed E-state index contributed by atoms with van der Waals surface area (Å²) < 4.78 is 11.2. The van der Waals surface area contributed by atoms with Gasteiger partial charge >= 0.3 is 0 Å². The van der Waals surface area contributed by atoms with E-state index in [-0.39, 0.29) is 12.2 Å². The Balaban J connectivity index is 1.31. The number of aliphatic hydroxyl groups excluding tert-OH is 1. The highest BCUT2D eigenvalue weighted by Crippen LogP contribution is 2.36. The predicted molar refractivity (Wildman–Crippen MR) is 139 cm³/mol. The van der Waals surface area contributed by atoms with Crippen LogP contribution in [-0.4, -0.2) is 52.4 Å². The number of hydrogen-bond donors (Lipinski definition) is 2. The Morgan fingerprint density at radius 3 is 2.71 bits per heavy atom. The van der Waals surface area contributed by atoms with Gasteiger partial charge in [0.05, 0.1) is 19.0 Å². The zero-order valence-corrected chi connectivity index (χ0v) is 20.8. The molecule has 0 amide bonds. The Kier molecular flexibility index (Phi) is 7.06. The lowest BCUT2D eigenvalue weighted by molar-refractivity contribution is 0.0617. The third kappa shape index (κ3) is 5.51. The van der Waals surface area contributed by atoms with Crippen LogP contribution in [0.4, 0.5) is 0 Å².